The predicted molar refractivity (Wildman–Crippen MR) is 76.5 cm³/mol. The maximum atomic E-state index is 4.71. The van der Waals surface area contributed by atoms with Crippen LogP contribution < -0.4 is 5.32 Å². The Morgan fingerprint density at radius 2 is 2.05 bits per heavy atom. The number of imidazole rings is 1. The van der Waals surface area contributed by atoms with E-state index in [2.05, 4.69) is 27.9 Å². The molecule has 1 N–H and O–H groups in total. The summed E-state index contributed by atoms with van der Waals surface area (Å²) in [5.74, 6) is 2.03. The van der Waals surface area contributed by atoms with Crippen LogP contribution >= 0.6 is 0 Å². The van der Waals surface area contributed by atoms with Crippen molar-refractivity contribution in [3.63, 3.8) is 0 Å². The van der Waals surface area contributed by atoms with Crippen molar-refractivity contribution in [1.82, 2.24) is 14.5 Å². The Bertz CT molecular complexity index is 586. The van der Waals surface area contributed by atoms with Crippen molar-refractivity contribution >= 4 is 5.82 Å². The number of rotatable bonds is 3. The van der Waals surface area contributed by atoms with Crippen LogP contribution in [0.15, 0.2) is 18.2 Å². The fourth-order valence-electron chi connectivity index (χ4n) is 2.81. The van der Waals surface area contributed by atoms with Gasteiger partial charge in [0.1, 0.15) is 11.6 Å². The molecular formula is C15H20N4. The molecule has 2 aromatic heterocycles. The van der Waals surface area contributed by atoms with E-state index in [0.717, 1.165) is 36.7 Å². The highest BCUT2D eigenvalue weighted by molar-refractivity contribution is 5.34. The third-order valence-electron chi connectivity index (χ3n) is 3.81. The molecule has 1 aliphatic rings. The fourth-order valence-corrected chi connectivity index (χ4v) is 2.81. The second kappa shape index (κ2) is 5.03. The average molecular weight is 256 g/mol. The fraction of sp³-hybridized carbons (Fsp3) is 0.467. The third-order valence-corrected chi connectivity index (χ3v) is 3.81. The summed E-state index contributed by atoms with van der Waals surface area (Å²) < 4.78 is 2.33. The van der Waals surface area contributed by atoms with Gasteiger partial charge < -0.3 is 9.88 Å². The largest absolute Gasteiger partial charge is 0.373 e. The molecule has 0 atom stereocenters. The topological polar surface area (TPSA) is 42.7 Å². The molecular weight excluding hydrogens is 236 g/mol. The van der Waals surface area contributed by atoms with Gasteiger partial charge in [-0.05, 0) is 44.7 Å². The maximum absolute atomic E-state index is 4.71. The number of nitrogens with zero attached hydrogens (tertiary/aromatic N) is 3. The molecule has 0 unspecified atom stereocenters. The van der Waals surface area contributed by atoms with Gasteiger partial charge in [-0.2, -0.15) is 0 Å². The number of anilines is 1. The Morgan fingerprint density at radius 1 is 1.21 bits per heavy atom. The number of aromatic nitrogens is 3. The number of aryl methyl sites for hydroxylation is 2. The first-order chi connectivity index (χ1) is 9.28. The van der Waals surface area contributed by atoms with Gasteiger partial charge in [0.15, 0.2) is 0 Å². The summed E-state index contributed by atoms with van der Waals surface area (Å²) >= 11 is 0. The summed E-state index contributed by atoms with van der Waals surface area (Å²) in [5.41, 5.74) is 3.80. The smallest absolute Gasteiger partial charge is 0.126 e. The molecule has 4 heteroatoms. The van der Waals surface area contributed by atoms with Gasteiger partial charge in [-0.15, -0.1) is 0 Å². The van der Waals surface area contributed by atoms with Crippen LogP contribution in [0.3, 0.4) is 0 Å². The number of hydrogen-bond donors (Lipinski definition) is 1. The van der Waals surface area contributed by atoms with Gasteiger partial charge in [0.2, 0.25) is 0 Å². The monoisotopic (exact) mass is 256 g/mol. The summed E-state index contributed by atoms with van der Waals surface area (Å²) in [5, 5.41) is 3.09. The molecule has 1 aliphatic carbocycles. The van der Waals surface area contributed by atoms with E-state index in [-0.39, 0.29) is 0 Å². The zero-order chi connectivity index (χ0) is 13.2. The highest BCUT2D eigenvalue weighted by Crippen LogP contribution is 2.22. The SMILES string of the molecule is CNc1cccc(Cn2c(C)nc3c2CCCC3)n1. The van der Waals surface area contributed by atoms with Crippen LogP contribution in [0, 0.1) is 6.92 Å². The van der Waals surface area contributed by atoms with Crippen molar-refractivity contribution in [3.05, 3.63) is 41.1 Å². The van der Waals surface area contributed by atoms with Crippen LogP contribution in [-0.2, 0) is 19.4 Å². The average Bonchev–Trinajstić information content (AvgIpc) is 2.76. The molecule has 19 heavy (non-hydrogen) atoms. The molecule has 0 amide bonds. The Balaban J connectivity index is 1.92. The number of nitrogens with one attached hydrogen (secondary N) is 1. The molecule has 0 aliphatic heterocycles. The maximum Gasteiger partial charge on any atom is 0.126 e. The number of hydrogen-bond acceptors (Lipinski definition) is 3. The lowest BCUT2D eigenvalue weighted by Crippen LogP contribution is -2.11. The summed E-state index contributed by atoms with van der Waals surface area (Å²) in [7, 11) is 1.90. The van der Waals surface area contributed by atoms with E-state index in [4.69, 9.17) is 4.98 Å². The van der Waals surface area contributed by atoms with E-state index in [1.165, 1.54) is 24.2 Å². The number of fused-ring (bicyclic) bond motifs is 1. The van der Waals surface area contributed by atoms with Gasteiger partial charge in [-0.1, -0.05) is 6.07 Å². The molecule has 0 radical (unpaired) electrons. The van der Waals surface area contributed by atoms with Gasteiger partial charge in [-0.25, -0.2) is 9.97 Å². The Kier molecular flexibility index (Phi) is 3.23. The van der Waals surface area contributed by atoms with Crippen molar-refractivity contribution in [2.45, 2.75) is 39.2 Å². The molecule has 0 saturated carbocycles. The second-order valence-corrected chi connectivity index (χ2v) is 5.11. The third kappa shape index (κ3) is 2.35. The molecule has 100 valence electrons. The number of pyridine rings is 1. The van der Waals surface area contributed by atoms with E-state index in [9.17, 15) is 0 Å². The molecule has 0 bridgehead atoms. The first-order valence-electron chi connectivity index (χ1n) is 6.96. The van der Waals surface area contributed by atoms with Gasteiger partial charge in [-0.3, -0.25) is 0 Å². The molecule has 0 fully saturated rings. The van der Waals surface area contributed by atoms with Crippen LogP contribution in [0.25, 0.3) is 0 Å². The van der Waals surface area contributed by atoms with Gasteiger partial charge >= 0.3 is 0 Å². The molecule has 4 nitrogen and oxygen atoms in total. The van der Waals surface area contributed by atoms with Crippen molar-refractivity contribution in [3.8, 4) is 0 Å². The zero-order valence-corrected chi connectivity index (χ0v) is 11.6. The van der Waals surface area contributed by atoms with Crippen LogP contribution in [0.4, 0.5) is 5.82 Å². The van der Waals surface area contributed by atoms with E-state index in [0.29, 0.717) is 0 Å². The molecule has 2 heterocycles. The van der Waals surface area contributed by atoms with E-state index < -0.39 is 0 Å². The van der Waals surface area contributed by atoms with Crippen LogP contribution in [0.5, 0.6) is 0 Å². The Hall–Kier alpha value is -1.84. The van der Waals surface area contributed by atoms with Crippen molar-refractivity contribution in [2.75, 3.05) is 12.4 Å². The molecule has 3 rings (SSSR count). The van der Waals surface area contributed by atoms with E-state index in [1.807, 2.05) is 19.2 Å². The minimum atomic E-state index is 0.823. The summed E-state index contributed by atoms with van der Waals surface area (Å²) in [6, 6.07) is 6.11. The normalized spacial score (nSPS) is 14.2. The second-order valence-electron chi connectivity index (χ2n) is 5.11. The lowest BCUT2D eigenvalue weighted by atomic mass is 10.0. The van der Waals surface area contributed by atoms with Crippen molar-refractivity contribution in [1.29, 1.82) is 0 Å². The van der Waals surface area contributed by atoms with E-state index >= 15 is 0 Å². The summed E-state index contributed by atoms with van der Waals surface area (Å²) in [6.07, 6.45) is 4.84. The standard InChI is InChI=1S/C15H20N4/c1-11-17-13-7-3-4-8-14(13)19(11)10-12-6-5-9-15(16-2)18-12/h5-6,9H,3-4,7-8,10H2,1-2H3,(H,16,18). The first kappa shape index (κ1) is 12.2. The highest BCUT2D eigenvalue weighted by Gasteiger charge is 2.18. The van der Waals surface area contributed by atoms with Gasteiger partial charge in [0.05, 0.1) is 17.9 Å². The molecule has 2 aromatic rings. The summed E-state index contributed by atoms with van der Waals surface area (Å²) in [6.45, 7) is 2.92. The zero-order valence-electron chi connectivity index (χ0n) is 11.6. The predicted octanol–water partition coefficient (Wildman–Crippen LogP) is 2.56. The highest BCUT2D eigenvalue weighted by atomic mass is 15.1. The minimum absolute atomic E-state index is 0.823. The quantitative estimate of drug-likeness (QED) is 0.917. The van der Waals surface area contributed by atoms with Gasteiger partial charge in [0, 0.05) is 12.7 Å². The molecule has 0 spiro atoms. The first-order valence-corrected chi connectivity index (χ1v) is 6.96. The Labute approximate surface area is 113 Å². The summed E-state index contributed by atoms with van der Waals surface area (Å²) in [4.78, 5) is 9.31. The van der Waals surface area contributed by atoms with Crippen molar-refractivity contribution in [2.24, 2.45) is 0 Å². The minimum Gasteiger partial charge on any atom is -0.373 e. The van der Waals surface area contributed by atoms with Crippen LogP contribution in [0.2, 0.25) is 0 Å². The van der Waals surface area contributed by atoms with E-state index in [1.54, 1.807) is 0 Å². The van der Waals surface area contributed by atoms with Crippen LogP contribution in [0.1, 0.15) is 35.7 Å². The van der Waals surface area contributed by atoms with Gasteiger partial charge in [0.25, 0.3) is 0 Å². The molecule has 0 aromatic carbocycles. The van der Waals surface area contributed by atoms with Crippen molar-refractivity contribution < 1.29 is 0 Å². The van der Waals surface area contributed by atoms with Crippen LogP contribution in [-0.4, -0.2) is 21.6 Å². The lowest BCUT2D eigenvalue weighted by molar-refractivity contribution is 0.620. The lowest BCUT2D eigenvalue weighted by Gasteiger charge is -2.14. The molecule has 0 saturated heterocycles. The Morgan fingerprint density at radius 3 is 2.89 bits per heavy atom.